The number of aromatic hydroxyl groups is 4. The van der Waals surface area contributed by atoms with Gasteiger partial charge in [-0.15, -0.1) is 0 Å². The molecule has 0 unspecified atom stereocenters. The number of fused-ring (bicyclic) bond motifs is 3. The van der Waals surface area contributed by atoms with Gasteiger partial charge in [0.05, 0.1) is 18.3 Å². The van der Waals surface area contributed by atoms with E-state index in [0.29, 0.717) is 37.0 Å². The molecule has 9 rings (SSSR count). The fourth-order valence-corrected chi connectivity index (χ4v) is 12.5. The average molecular weight is 827 g/mol. The fraction of sp³-hybridized carbons (Fsp3) is 0.625. The van der Waals surface area contributed by atoms with Crippen LogP contribution in [0.25, 0.3) is 0 Å². The molecular formula is C48H62F4O7. The van der Waals surface area contributed by atoms with Gasteiger partial charge in [0, 0.05) is 12.1 Å². The second kappa shape index (κ2) is 16.7. The zero-order valence-electron chi connectivity index (χ0n) is 34.5. The van der Waals surface area contributed by atoms with Crippen LogP contribution in [0.3, 0.4) is 0 Å². The van der Waals surface area contributed by atoms with E-state index >= 15 is 0 Å². The number of aliphatic hydroxyl groups excluding tert-OH is 3. The van der Waals surface area contributed by atoms with Crippen molar-refractivity contribution >= 4 is 0 Å². The van der Waals surface area contributed by atoms with Gasteiger partial charge in [0.25, 0.3) is 0 Å². The third kappa shape index (κ3) is 8.17. The van der Waals surface area contributed by atoms with Crippen LogP contribution >= 0.6 is 0 Å². The molecule has 0 heterocycles. The quantitative estimate of drug-likeness (QED) is 0.103. The van der Waals surface area contributed by atoms with E-state index in [1.165, 1.54) is 12.1 Å². The van der Waals surface area contributed by atoms with Crippen molar-refractivity contribution in [2.45, 2.75) is 153 Å². The first kappa shape index (κ1) is 43.5. The second-order valence-corrected chi connectivity index (χ2v) is 19.7. The normalized spacial score (nSPS) is 37.3. The van der Waals surface area contributed by atoms with Gasteiger partial charge in [-0.3, -0.25) is 0 Å². The minimum absolute atomic E-state index is 0.00578. The molecular weight excluding hydrogens is 765 g/mol. The van der Waals surface area contributed by atoms with E-state index in [-0.39, 0.29) is 80.9 Å². The molecule has 0 aromatic heterocycles. The van der Waals surface area contributed by atoms with Gasteiger partial charge in [-0.1, -0.05) is 32.9 Å². The summed E-state index contributed by atoms with van der Waals surface area (Å²) in [5.41, 5.74) is 1.61. The van der Waals surface area contributed by atoms with Crippen LogP contribution in [0.1, 0.15) is 152 Å². The molecule has 59 heavy (non-hydrogen) atoms. The van der Waals surface area contributed by atoms with Gasteiger partial charge in [-0.25, -0.2) is 13.2 Å². The average Bonchev–Trinajstić information content (AvgIpc) is 3.79. The maximum absolute atomic E-state index is 14.0. The maximum Gasteiger partial charge on any atom is 0.203 e. The Kier molecular flexibility index (Phi) is 12.3. The molecule has 0 spiro atoms. The number of phenols is 4. The molecule has 3 aromatic carbocycles. The fourth-order valence-electron chi connectivity index (χ4n) is 12.5. The largest absolute Gasteiger partial charge is 0.508 e. The van der Waals surface area contributed by atoms with Crippen LogP contribution in [0.4, 0.5) is 17.6 Å². The Morgan fingerprint density at radius 3 is 1.31 bits per heavy atom. The molecule has 6 aliphatic rings. The highest BCUT2D eigenvalue weighted by Crippen LogP contribution is 2.58. The molecule has 3 aromatic rings. The summed E-state index contributed by atoms with van der Waals surface area (Å²) in [7, 11) is 0. The van der Waals surface area contributed by atoms with Crippen LogP contribution in [0.2, 0.25) is 0 Å². The Morgan fingerprint density at radius 1 is 0.458 bits per heavy atom. The van der Waals surface area contributed by atoms with Gasteiger partial charge < -0.3 is 35.7 Å². The molecule has 7 N–H and O–H groups in total. The molecule has 6 fully saturated rings. The minimum atomic E-state index is -1.51. The third-order valence-electron chi connectivity index (χ3n) is 16.7. The Balaban J connectivity index is 0.000000134. The summed E-state index contributed by atoms with van der Waals surface area (Å²) in [6.45, 7) is 6.43. The van der Waals surface area contributed by atoms with Crippen LogP contribution < -0.4 is 0 Å². The van der Waals surface area contributed by atoms with Crippen LogP contribution in [-0.2, 0) is 0 Å². The topological polar surface area (TPSA) is 142 Å². The second-order valence-electron chi connectivity index (χ2n) is 19.7. The van der Waals surface area contributed by atoms with Crippen molar-refractivity contribution in [2.75, 3.05) is 0 Å². The van der Waals surface area contributed by atoms with E-state index < -0.39 is 23.2 Å². The maximum atomic E-state index is 14.0. The smallest absolute Gasteiger partial charge is 0.203 e. The van der Waals surface area contributed by atoms with Crippen LogP contribution in [0.15, 0.2) is 42.5 Å². The van der Waals surface area contributed by atoms with Crippen molar-refractivity contribution in [3.8, 4) is 23.0 Å². The molecule has 0 saturated heterocycles. The first-order valence-electron chi connectivity index (χ1n) is 21.8. The lowest BCUT2D eigenvalue weighted by molar-refractivity contribution is 0.00831. The molecule has 11 heteroatoms. The number of halogens is 4. The van der Waals surface area contributed by atoms with Gasteiger partial charge in [0.1, 0.15) is 23.1 Å². The standard InChI is InChI=1S/C16H19F3O2.C16H21FO2.C16H22O3/c1-16-5-4-8(6-9(16)2-3-12(16)20)10-7-11(17)15(21)14(19)13(10)18;1-16-7-6-10(8-11(16)2-5-15(16)19)13-4-3-12(18)9-14(13)17;1-16-7-6-10(8-11(16)2-5-15(16)19)13-4-3-12(17)9-14(13)18/h7-9,12,20-21H,2-6H2,1H3;3-4,9-11,15,18-19H,2,5-8H2,1H3;3-4,9-11,15,17-19H,2,5-8H2,1H3/t8-,9+,12-,16-;2*10-,11+,15-,16-/m000/s1. The van der Waals surface area contributed by atoms with E-state index in [2.05, 4.69) is 13.8 Å². The number of hydrogen-bond donors (Lipinski definition) is 7. The minimum Gasteiger partial charge on any atom is -0.508 e. The number of aliphatic hydroxyl groups is 3. The van der Waals surface area contributed by atoms with Crippen molar-refractivity contribution in [3.05, 3.63) is 82.4 Å². The molecule has 0 amide bonds. The van der Waals surface area contributed by atoms with E-state index in [9.17, 15) is 48.2 Å². The summed E-state index contributed by atoms with van der Waals surface area (Å²) < 4.78 is 54.9. The number of benzene rings is 3. The lowest BCUT2D eigenvalue weighted by Gasteiger charge is -2.42. The molecule has 324 valence electrons. The zero-order chi connectivity index (χ0) is 42.6. The van der Waals surface area contributed by atoms with Crippen molar-refractivity contribution in [2.24, 2.45) is 34.0 Å². The molecule has 12 atom stereocenters. The highest BCUT2D eigenvalue weighted by atomic mass is 19.2. The van der Waals surface area contributed by atoms with Gasteiger partial charge in [-0.2, -0.15) is 4.39 Å². The zero-order valence-corrected chi connectivity index (χ0v) is 34.5. The first-order valence-corrected chi connectivity index (χ1v) is 21.8. The van der Waals surface area contributed by atoms with E-state index in [4.69, 9.17) is 5.11 Å². The molecule has 0 bridgehead atoms. The number of hydrogen-bond acceptors (Lipinski definition) is 7. The molecule has 6 saturated carbocycles. The van der Waals surface area contributed by atoms with Crippen LogP contribution in [0.5, 0.6) is 23.0 Å². The van der Waals surface area contributed by atoms with Gasteiger partial charge in [0.15, 0.2) is 17.4 Å². The van der Waals surface area contributed by atoms with Crippen LogP contribution in [-0.4, -0.2) is 54.1 Å². The van der Waals surface area contributed by atoms with Gasteiger partial charge in [0.2, 0.25) is 5.82 Å². The van der Waals surface area contributed by atoms with Gasteiger partial charge in [-0.05, 0) is 183 Å². The van der Waals surface area contributed by atoms with Crippen molar-refractivity contribution in [1.29, 1.82) is 0 Å². The molecule has 0 radical (unpaired) electrons. The third-order valence-corrected chi connectivity index (χ3v) is 16.7. The predicted molar refractivity (Wildman–Crippen MR) is 216 cm³/mol. The summed E-state index contributed by atoms with van der Waals surface area (Å²) in [4.78, 5) is 0. The summed E-state index contributed by atoms with van der Waals surface area (Å²) >= 11 is 0. The SMILES string of the molecule is C[C@]12CC[C@H](c3cc(F)c(O)c(F)c3F)C[C@H]1CC[C@@H]2O.C[C@]12CC[C@H](c3ccc(O)cc3F)C[C@H]1CC[C@@H]2O.C[C@]12CC[C@H](c3ccc(O)cc3O)C[C@H]1CC[C@@H]2O. The monoisotopic (exact) mass is 826 g/mol. The van der Waals surface area contributed by atoms with Crippen molar-refractivity contribution in [3.63, 3.8) is 0 Å². The van der Waals surface area contributed by atoms with Crippen molar-refractivity contribution in [1.82, 2.24) is 0 Å². The van der Waals surface area contributed by atoms with E-state index in [1.807, 2.05) is 13.0 Å². The van der Waals surface area contributed by atoms with E-state index in [1.54, 1.807) is 18.2 Å². The Morgan fingerprint density at radius 2 is 0.864 bits per heavy atom. The lowest BCUT2D eigenvalue weighted by Crippen LogP contribution is -2.37. The lowest BCUT2D eigenvalue weighted by atomic mass is 9.64. The van der Waals surface area contributed by atoms with Gasteiger partial charge >= 0.3 is 0 Å². The Hall–Kier alpha value is -3.54. The predicted octanol–water partition coefficient (Wildman–Crippen LogP) is 10.6. The molecule has 7 nitrogen and oxygen atoms in total. The van der Waals surface area contributed by atoms with Crippen LogP contribution in [0, 0.1) is 57.3 Å². The highest BCUT2D eigenvalue weighted by Gasteiger charge is 2.51. The highest BCUT2D eigenvalue weighted by molar-refractivity contribution is 5.41. The Labute approximate surface area is 345 Å². The first-order chi connectivity index (χ1) is 27.8. The number of rotatable bonds is 3. The summed E-state index contributed by atoms with van der Waals surface area (Å²) in [5.74, 6) is -3.45. The summed E-state index contributed by atoms with van der Waals surface area (Å²) in [6.07, 6.45) is 12.6. The van der Waals surface area contributed by atoms with E-state index in [0.717, 1.165) is 94.2 Å². The molecule has 0 aliphatic heterocycles. The summed E-state index contributed by atoms with van der Waals surface area (Å²) in [6, 6.07) is 10.3. The Bertz CT molecular complexity index is 1910. The number of phenolic OH excluding ortho intramolecular Hbond substituents is 4. The summed E-state index contributed by atoms with van der Waals surface area (Å²) in [5, 5.41) is 68.1. The van der Waals surface area contributed by atoms with Crippen molar-refractivity contribution < 1.29 is 53.3 Å². The molecule has 6 aliphatic carbocycles.